The fourth-order valence-corrected chi connectivity index (χ4v) is 5.18. The number of anilines is 2. The zero-order valence-electron chi connectivity index (χ0n) is 20.2. The average Bonchev–Trinajstić information content (AvgIpc) is 3.73. The van der Waals surface area contributed by atoms with Gasteiger partial charge in [-0.1, -0.05) is 30.3 Å². The lowest BCUT2D eigenvalue weighted by atomic mass is 9.82. The molecular weight excluding hydrogens is 438 g/mol. The lowest BCUT2D eigenvalue weighted by Crippen LogP contribution is -2.20. The topological polar surface area (TPSA) is 83.5 Å². The monoisotopic (exact) mass is 471 g/mol. The number of aryl methyl sites for hydroxylation is 1. The summed E-state index contributed by atoms with van der Waals surface area (Å²) in [6.45, 7) is 1.29. The number of fused-ring (bicyclic) bond motifs is 1. The van der Waals surface area contributed by atoms with E-state index in [-0.39, 0.29) is 11.6 Å². The van der Waals surface area contributed by atoms with Gasteiger partial charge in [0, 0.05) is 31.5 Å². The molecule has 5 rings (SSSR count). The molecule has 2 aliphatic carbocycles. The van der Waals surface area contributed by atoms with Gasteiger partial charge in [-0.05, 0) is 78.5 Å². The van der Waals surface area contributed by atoms with E-state index >= 15 is 0 Å². The molecule has 1 saturated carbocycles. The lowest BCUT2D eigenvalue weighted by Gasteiger charge is -2.28. The summed E-state index contributed by atoms with van der Waals surface area (Å²) in [6, 6.07) is 17.3. The molecule has 0 bridgehead atoms. The summed E-state index contributed by atoms with van der Waals surface area (Å²) >= 11 is 0. The number of rotatable bonds is 10. The molecular formula is C29H33N3O3. The highest BCUT2D eigenvalue weighted by Crippen LogP contribution is 2.40. The van der Waals surface area contributed by atoms with Crippen molar-refractivity contribution >= 4 is 17.3 Å². The van der Waals surface area contributed by atoms with Gasteiger partial charge in [0.15, 0.2) is 0 Å². The van der Waals surface area contributed by atoms with Crippen LogP contribution in [0.25, 0.3) is 0 Å². The molecule has 3 N–H and O–H groups in total. The Labute approximate surface area is 206 Å². The summed E-state index contributed by atoms with van der Waals surface area (Å²) in [4.78, 5) is 15.6. The van der Waals surface area contributed by atoms with Crippen LogP contribution in [0.3, 0.4) is 0 Å². The molecule has 2 aromatic carbocycles. The molecule has 2 aliphatic rings. The molecule has 0 aliphatic heterocycles. The third-order valence-electron chi connectivity index (χ3n) is 7.23. The summed E-state index contributed by atoms with van der Waals surface area (Å²) in [7, 11) is 1.75. The van der Waals surface area contributed by atoms with E-state index in [0.29, 0.717) is 24.8 Å². The SMILES string of the molecule is COC[C@H](Nc1ccc2c(c1)CCC[C@H]2CNc1cnccc1C(=O)O)c1ccc(C2CC2)cc1. The van der Waals surface area contributed by atoms with E-state index in [0.717, 1.165) is 30.9 Å². The number of ether oxygens (including phenoxy) is 1. The van der Waals surface area contributed by atoms with Crippen LogP contribution in [0.15, 0.2) is 60.9 Å². The van der Waals surface area contributed by atoms with E-state index in [1.54, 1.807) is 13.3 Å². The van der Waals surface area contributed by atoms with E-state index in [1.165, 1.54) is 47.4 Å². The van der Waals surface area contributed by atoms with Gasteiger partial charge in [0.25, 0.3) is 0 Å². The maximum absolute atomic E-state index is 11.5. The van der Waals surface area contributed by atoms with Gasteiger partial charge in [0.2, 0.25) is 0 Å². The highest BCUT2D eigenvalue weighted by atomic mass is 16.5. The predicted molar refractivity (Wildman–Crippen MR) is 138 cm³/mol. The Hall–Kier alpha value is -3.38. The Balaban J connectivity index is 1.29. The van der Waals surface area contributed by atoms with Gasteiger partial charge < -0.3 is 20.5 Å². The zero-order valence-corrected chi connectivity index (χ0v) is 20.2. The van der Waals surface area contributed by atoms with Gasteiger partial charge in [-0.25, -0.2) is 4.79 Å². The van der Waals surface area contributed by atoms with Gasteiger partial charge in [0.1, 0.15) is 0 Å². The number of pyridine rings is 1. The fourth-order valence-electron chi connectivity index (χ4n) is 5.18. The van der Waals surface area contributed by atoms with Crippen LogP contribution in [0.2, 0.25) is 0 Å². The number of nitrogens with zero attached hydrogens (tertiary/aromatic N) is 1. The molecule has 0 radical (unpaired) electrons. The Bertz CT molecular complexity index is 1170. The molecule has 1 aromatic heterocycles. The third-order valence-corrected chi connectivity index (χ3v) is 7.23. The predicted octanol–water partition coefficient (Wildman–Crippen LogP) is 5.99. The standard InChI is InChI=1S/C29H33N3O3/c1-35-18-28(21-9-7-20(8-10-21)19-5-6-19)32-24-11-12-25-22(15-24)3-2-4-23(25)16-31-27-17-30-14-13-26(27)29(33)34/h7-15,17,19,23,28,31-32H,2-6,16,18H2,1H3,(H,33,34)/t23-,28-/m0/s1. The van der Waals surface area contributed by atoms with Crippen LogP contribution in [0, 0.1) is 0 Å². The summed E-state index contributed by atoms with van der Waals surface area (Å²) in [5, 5.41) is 16.5. The number of benzene rings is 2. The maximum atomic E-state index is 11.5. The molecule has 35 heavy (non-hydrogen) atoms. The van der Waals surface area contributed by atoms with Crippen LogP contribution in [0.5, 0.6) is 0 Å². The van der Waals surface area contributed by atoms with Crippen molar-refractivity contribution in [3.8, 4) is 0 Å². The van der Waals surface area contributed by atoms with Crippen molar-refractivity contribution < 1.29 is 14.6 Å². The number of aromatic nitrogens is 1. The molecule has 0 amide bonds. The number of carboxylic acids is 1. The van der Waals surface area contributed by atoms with Crippen molar-refractivity contribution in [2.24, 2.45) is 0 Å². The van der Waals surface area contributed by atoms with E-state index in [4.69, 9.17) is 4.74 Å². The highest BCUT2D eigenvalue weighted by molar-refractivity contribution is 5.93. The van der Waals surface area contributed by atoms with Gasteiger partial charge >= 0.3 is 5.97 Å². The van der Waals surface area contributed by atoms with Gasteiger partial charge in [0.05, 0.1) is 30.1 Å². The first-order valence-corrected chi connectivity index (χ1v) is 12.5. The number of hydrogen-bond donors (Lipinski definition) is 3. The van der Waals surface area contributed by atoms with E-state index in [2.05, 4.69) is 58.1 Å². The summed E-state index contributed by atoms with van der Waals surface area (Å²) in [6.07, 6.45) is 8.98. The average molecular weight is 472 g/mol. The number of methoxy groups -OCH3 is 1. The molecule has 6 nitrogen and oxygen atoms in total. The first-order valence-electron chi connectivity index (χ1n) is 12.5. The molecule has 182 valence electrons. The second-order valence-electron chi connectivity index (χ2n) is 9.70. The summed E-state index contributed by atoms with van der Waals surface area (Å²) < 4.78 is 5.53. The van der Waals surface area contributed by atoms with Crippen LogP contribution in [-0.4, -0.2) is 36.3 Å². The Morgan fingerprint density at radius 1 is 1.14 bits per heavy atom. The molecule has 0 unspecified atom stereocenters. The Kier molecular flexibility index (Phi) is 7.00. The number of carboxylic acid groups (broad SMARTS) is 1. The minimum atomic E-state index is -0.942. The van der Waals surface area contributed by atoms with Crippen LogP contribution in [-0.2, 0) is 11.2 Å². The van der Waals surface area contributed by atoms with Crippen LogP contribution >= 0.6 is 0 Å². The minimum absolute atomic E-state index is 0.0902. The number of hydrogen-bond acceptors (Lipinski definition) is 5. The van der Waals surface area contributed by atoms with Gasteiger partial charge in [-0.3, -0.25) is 4.98 Å². The highest BCUT2D eigenvalue weighted by Gasteiger charge is 2.24. The second kappa shape index (κ2) is 10.5. The first kappa shape index (κ1) is 23.4. The van der Waals surface area contributed by atoms with Crippen LogP contribution in [0.1, 0.15) is 76.2 Å². The normalized spacial score (nSPS) is 17.9. The quantitative estimate of drug-likeness (QED) is 0.337. The van der Waals surface area contributed by atoms with Crippen molar-refractivity contribution in [3.63, 3.8) is 0 Å². The Morgan fingerprint density at radius 2 is 1.97 bits per heavy atom. The van der Waals surface area contributed by atoms with Gasteiger partial charge in [-0.2, -0.15) is 0 Å². The van der Waals surface area contributed by atoms with Crippen molar-refractivity contribution in [2.45, 2.75) is 50.0 Å². The molecule has 2 atom stereocenters. The van der Waals surface area contributed by atoms with E-state index < -0.39 is 5.97 Å². The zero-order chi connectivity index (χ0) is 24.2. The number of aromatic carboxylic acids is 1. The molecule has 1 heterocycles. The minimum Gasteiger partial charge on any atom is -0.478 e. The number of carbonyl (C=O) groups is 1. The lowest BCUT2D eigenvalue weighted by molar-refractivity contribution is 0.0697. The van der Waals surface area contributed by atoms with E-state index in [9.17, 15) is 9.90 Å². The van der Waals surface area contributed by atoms with Crippen molar-refractivity contribution in [1.82, 2.24) is 4.98 Å². The molecule has 6 heteroatoms. The van der Waals surface area contributed by atoms with Crippen molar-refractivity contribution in [1.29, 1.82) is 0 Å². The second-order valence-corrected chi connectivity index (χ2v) is 9.70. The van der Waals surface area contributed by atoms with Crippen LogP contribution in [0.4, 0.5) is 11.4 Å². The fraction of sp³-hybridized carbons (Fsp3) is 0.379. The third kappa shape index (κ3) is 5.49. The smallest absolute Gasteiger partial charge is 0.337 e. The van der Waals surface area contributed by atoms with Crippen molar-refractivity contribution in [3.05, 3.63) is 88.7 Å². The first-order chi connectivity index (χ1) is 17.1. The molecule has 1 fully saturated rings. The summed E-state index contributed by atoms with van der Waals surface area (Å²) in [5.41, 5.74) is 7.31. The summed E-state index contributed by atoms with van der Waals surface area (Å²) in [5.74, 6) is 0.150. The van der Waals surface area contributed by atoms with Gasteiger partial charge in [-0.15, -0.1) is 0 Å². The molecule has 0 saturated heterocycles. The van der Waals surface area contributed by atoms with Crippen molar-refractivity contribution in [2.75, 3.05) is 30.9 Å². The maximum Gasteiger partial charge on any atom is 0.337 e. The number of nitrogens with one attached hydrogen (secondary N) is 2. The Morgan fingerprint density at radius 3 is 2.71 bits per heavy atom. The largest absolute Gasteiger partial charge is 0.478 e. The van der Waals surface area contributed by atoms with E-state index in [1.807, 2.05) is 0 Å². The van der Waals surface area contributed by atoms with Crippen LogP contribution < -0.4 is 10.6 Å². The molecule has 0 spiro atoms. The molecule has 3 aromatic rings.